The van der Waals surface area contributed by atoms with Crippen LogP contribution in [0.2, 0.25) is 0 Å². The second-order valence-corrected chi connectivity index (χ2v) is 17.4. The summed E-state index contributed by atoms with van der Waals surface area (Å²) >= 11 is 0. The number of carbonyl (C=O) groups is 1. The monoisotopic (exact) mass is 814 g/mol. The van der Waals surface area contributed by atoms with Crippen molar-refractivity contribution in [3.8, 4) is 0 Å². The summed E-state index contributed by atoms with van der Waals surface area (Å²) in [5.74, 6) is -0.517. The molecular weight excluding hydrogens is 715 g/mol. The van der Waals surface area contributed by atoms with Crippen molar-refractivity contribution in [3.63, 3.8) is 0 Å². The lowest BCUT2D eigenvalue weighted by Crippen LogP contribution is -2.48. The first-order valence-corrected chi connectivity index (χ1v) is 25.5. The number of nitrogens with one attached hydrogen (secondary N) is 1. The molecule has 0 fully saturated rings. The Labute approximate surface area is 361 Å². The van der Waals surface area contributed by atoms with Crippen molar-refractivity contribution in [2.45, 2.75) is 276 Å². The van der Waals surface area contributed by atoms with Crippen molar-refractivity contribution >= 4 is 5.91 Å². The number of allylic oxidation sites excluding steroid dienone is 7. The van der Waals surface area contributed by atoms with E-state index in [-0.39, 0.29) is 6.61 Å². The van der Waals surface area contributed by atoms with Crippen molar-refractivity contribution in [2.75, 3.05) is 6.61 Å². The summed E-state index contributed by atoms with van der Waals surface area (Å²) in [7, 11) is 0. The van der Waals surface area contributed by atoms with Crippen LogP contribution >= 0.6 is 0 Å². The molecule has 0 aromatic heterocycles. The zero-order chi connectivity index (χ0) is 42.3. The van der Waals surface area contributed by atoms with E-state index >= 15 is 0 Å². The fraction of sp³-hybridized carbons (Fsp3) is 0.830. The average Bonchev–Trinajstić information content (AvgIpc) is 3.23. The third-order valence-electron chi connectivity index (χ3n) is 11.6. The minimum absolute atomic E-state index is 0.379. The second-order valence-electron chi connectivity index (χ2n) is 17.4. The predicted octanol–water partition coefficient (Wildman–Crippen LogP) is 15.3. The van der Waals surface area contributed by atoms with Gasteiger partial charge >= 0.3 is 0 Å². The summed E-state index contributed by atoms with van der Waals surface area (Å²) in [6.45, 7) is 4.18. The smallest absolute Gasteiger partial charge is 0.249 e. The molecule has 5 heteroatoms. The number of aliphatic hydroxyl groups is 3. The van der Waals surface area contributed by atoms with E-state index in [0.29, 0.717) is 6.42 Å². The summed E-state index contributed by atoms with van der Waals surface area (Å²) < 4.78 is 0. The number of hydrogen-bond donors (Lipinski definition) is 4. The van der Waals surface area contributed by atoms with Gasteiger partial charge in [0.2, 0.25) is 5.91 Å². The van der Waals surface area contributed by atoms with Gasteiger partial charge in [0.05, 0.1) is 18.8 Å². The number of aliphatic hydroxyl groups excluding tert-OH is 3. The van der Waals surface area contributed by atoms with Gasteiger partial charge in [-0.3, -0.25) is 4.79 Å². The highest BCUT2D eigenvalue weighted by Gasteiger charge is 2.22. The van der Waals surface area contributed by atoms with Crippen molar-refractivity contribution in [2.24, 2.45) is 0 Å². The number of unbranched alkanes of at least 4 members (excludes halogenated alkanes) is 32. The van der Waals surface area contributed by atoms with Gasteiger partial charge in [-0.25, -0.2) is 0 Å². The van der Waals surface area contributed by atoms with Gasteiger partial charge in [-0.15, -0.1) is 0 Å². The lowest BCUT2D eigenvalue weighted by molar-refractivity contribution is -0.131. The molecule has 0 aliphatic rings. The van der Waals surface area contributed by atoms with Crippen LogP contribution in [0.3, 0.4) is 0 Å². The van der Waals surface area contributed by atoms with Crippen molar-refractivity contribution in [1.29, 1.82) is 0 Å². The fourth-order valence-electron chi connectivity index (χ4n) is 7.64. The van der Waals surface area contributed by atoms with Gasteiger partial charge in [-0.2, -0.15) is 0 Å². The Morgan fingerprint density at radius 3 is 1.16 bits per heavy atom. The topological polar surface area (TPSA) is 89.8 Å². The van der Waals surface area contributed by atoms with Gasteiger partial charge in [0, 0.05) is 0 Å². The Morgan fingerprint density at radius 1 is 0.431 bits per heavy atom. The Morgan fingerprint density at radius 2 is 0.759 bits per heavy atom. The van der Waals surface area contributed by atoms with E-state index in [2.05, 4.69) is 55.6 Å². The van der Waals surface area contributed by atoms with Crippen LogP contribution in [-0.4, -0.2) is 46.1 Å². The Balaban J connectivity index is 3.68. The highest BCUT2D eigenvalue weighted by atomic mass is 16.3. The minimum atomic E-state index is -1.11. The van der Waals surface area contributed by atoms with Crippen LogP contribution < -0.4 is 5.32 Å². The van der Waals surface area contributed by atoms with Crippen LogP contribution in [0.25, 0.3) is 0 Å². The Hall–Kier alpha value is -1.69. The Kier molecular flexibility index (Phi) is 46.6. The van der Waals surface area contributed by atoms with Gasteiger partial charge in [-0.1, -0.05) is 242 Å². The highest BCUT2D eigenvalue weighted by molar-refractivity contribution is 5.80. The SMILES string of the molecule is CCCCCCCCCCC/C=C\C/C=C\CCCCCCCCCCC(O)C(=O)NC(CO)C(O)/C=C/CC/C=C/CCCCCCCCCCCCCCCC. The molecule has 4 N–H and O–H groups in total. The largest absolute Gasteiger partial charge is 0.394 e. The summed E-state index contributed by atoms with van der Waals surface area (Å²) in [6.07, 6.45) is 63.1. The first-order chi connectivity index (χ1) is 28.6. The maximum atomic E-state index is 12.5. The summed E-state index contributed by atoms with van der Waals surface area (Å²) in [5, 5.41) is 33.2. The van der Waals surface area contributed by atoms with E-state index in [1.807, 2.05) is 6.08 Å². The molecule has 0 radical (unpaired) electrons. The molecule has 3 atom stereocenters. The molecule has 0 spiro atoms. The number of carbonyl (C=O) groups excluding carboxylic acids is 1. The zero-order valence-electron chi connectivity index (χ0n) is 38.7. The molecule has 0 bridgehead atoms. The molecule has 0 saturated heterocycles. The van der Waals surface area contributed by atoms with Gasteiger partial charge in [-0.05, 0) is 64.2 Å². The van der Waals surface area contributed by atoms with Crippen molar-refractivity contribution < 1.29 is 20.1 Å². The van der Waals surface area contributed by atoms with E-state index in [1.165, 1.54) is 193 Å². The maximum Gasteiger partial charge on any atom is 0.249 e. The van der Waals surface area contributed by atoms with Crippen LogP contribution in [0.1, 0.15) is 258 Å². The van der Waals surface area contributed by atoms with Crippen LogP contribution in [0, 0.1) is 0 Å². The number of hydrogen-bond acceptors (Lipinski definition) is 4. The standard InChI is InChI=1S/C53H99NO4/c1-3-5-7-9-11-13-15-17-19-21-23-25-26-27-28-30-32-34-36-38-40-42-44-46-48-52(57)53(58)54-50(49-55)51(56)47-45-43-41-39-37-35-33-31-29-24-22-20-18-16-14-12-10-8-6-4-2/h23,25,27-28,37,39,45,47,50-52,55-57H,3-22,24,26,29-36,38,40-44,46,48-49H2,1-2H3,(H,54,58)/b25-23-,28-27-,39-37+,47-45+. The van der Waals surface area contributed by atoms with E-state index in [0.717, 1.165) is 44.9 Å². The highest BCUT2D eigenvalue weighted by Crippen LogP contribution is 2.15. The first-order valence-electron chi connectivity index (χ1n) is 25.5. The average molecular weight is 814 g/mol. The van der Waals surface area contributed by atoms with Crippen molar-refractivity contribution in [1.82, 2.24) is 5.32 Å². The predicted molar refractivity (Wildman–Crippen MR) is 254 cm³/mol. The van der Waals surface area contributed by atoms with Crippen molar-refractivity contribution in [3.05, 3.63) is 48.6 Å². The summed E-state index contributed by atoms with van der Waals surface area (Å²) in [5.41, 5.74) is 0. The quantitative estimate of drug-likeness (QED) is 0.0364. The molecule has 0 aliphatic carbocycles. The molecule has 0 saturated carbocycles. The van der Waals surface area contributed by atoms with Crippen LogP contribution in [0.4, 0.5) is 0 Å². The third kappa shape index (κ3) is 42.4. The molecule has 5 nitrogen and oxygen atoms in total. The molecule has 0 aliphatic heterocycles. The van der Waals surface area contributed by atoms with E-state index in [1.54, 1.807) is 6.08 Å². The fourth-order valence-corrected chi connectivity index (χ4v) is 7.64. The maximum absolute atomic E-state index is 12.5. The van der Waals surface area contributed by atoms with Gasteiger partial charge in [0.25, 0.3) is 0 Å². The molecule has 0 heterocycles. The number of rotatable bonds is 46. The summed E-state index contributed by atoms with van der Waals surface area (Å²) in [6, 6.07) is -0.819. The molecule has 0 aromatic rings. The van der Waals surface area contributed by atoms with E-state index in [9.17, 15) is 20.1 Å². The van der Waals surface area contributed by atoms with Gasteiger partial charge in [0.1, 0.15) is 6.10 Å². The van der Waals surface area contributed by atoms with Crippen LogP contribution in [-0.2, 0) is 4.79 Å². The summed E-state index contributed by atoms with van der Waals surface area (Å²) in [4.78, 5) is 12.5. The second kappa shape index (κ2) is 48.0. The molecule has 3 unspecified atom stereocenters. The molecule has 1 amide bonds. The lowest BCUT2D eigenvalue weighted by atomic mass is 10.0. The molecule has 0 aromatic carbocycles. The minimum Gasteiger partial charge on any atom is -0.394 e. The normalized spacial score (nSPS) is 13.8. The molecule has 340 valence electrons. The van der Waals surface area contributed by atoms with E-state index in [4.69, 9.17) is 0 Å². The number of amides is 1. The molecule has 0 rings (SSSR count). The molecular formula is C53H99NO4. The molecule has 58 heavy (non-hydrogen) atoms. The van der Waals surface area contributed by atoms with Crippen LogP contribution in [0.5, 0.6) is 0 Å². The van der Waals surface area contributed by atoms with E-state index < -0.39 is 24.2 Å². The lowest BCUT2D eigenvalue weighted by Gasteiger charge is -2.21. The van der Waals surface area contributed by atoms with Gasteiger partial charge in [0.15, 0.2) is 0 Å². The first kappa shape index (κ1) is 56.3. The zero-order valence-corrected chi connectivity index (χ0v) is 38.7. The van der Waals surface area contributed by atoms with Gasteiger partial charge < -0.3 is 20.6 Å². The Bertz CT molecular complexity index is 943. The van der Waals surface area contributed by atoms with Crippen LogP contribution in [0.15, 0.2) is 48.6 Å². The third-order valence-corrected chi connectivity index (χ3v) is 11.6.